The number of nitrogens with two attached hydrogens (primary N) is 1. The van der Waals surface area contributed by atoms with Gasteiger partial charge in [-0.05, 0) is 24.6 Å². The molecule has 0 fully saturated rings. The third-order valence-electron chi connectivity index (χ3n) is 2.98. The number of esters is 1. The molecule has 21 heavy (non-hydrogen) atoms. The minimum atomic E-state index is -0.470. The minimum absolute atomic E-state index is 0.139. The summed E-state index contributed by atoms with van der Waals surface area (Å²) in [6.07, 6.45) is 1.55. The molecule has 110 valence electrons. The molecule has 0 aliphatic heterocycles. The van der Waals surface area contributed by atoms with Crippen molar-refractivity contribution >= 4 is 23.3 Å². The van der Waals surface area contributed by atoms with E-state index >= 15 is 0 Å². The zero-order chi connectivity index (χ0) is 15.6. The number of carbonyl (C=O) groups excluding carboxylic acids is 2. The van der Waals surface area contributed by atoms with Crippen LogP contribution >= 0.6 is 0 Å². The summed E-state index contributed by atoms with van der Waals surface area (Å²) >= 11 is 0. The molecule has 1 heterocycles. The van der Waals surface area contributed by atoms with Gasteiger partial charge in [0.25, 0.3) is 5.91 Å². The summed E-state index contributed by atoms with van der Waals surface area (Å²) in [6, 6.07) is 4.91. The minimum Gasteiger partial charge on any atom is -0.465 e. The Morgan fingerprint density at radius 3 is 2.67 bits per heavy atom. The zero-order valence-electron chi connectivity index (χ0n) is 12.0. The number of nitrogens with one attached hydrogen (secondary N) is 1. The van der Waals surface area contributed by atoms with Gasteiger partial charge < -0.3 is 15.8 Å². The molecule has 7 nitrogen and oxygen atoms in total. The molecule has 7 heteroatoms. The van der Waals surface area contributed by atoms with E-state index in [0.29, 0.717) is 11.3 Å². The van der Waals surface area contributed by atoms with Crippen molar-refractivity contribution in [3.05, 3.63) is 41.2 Å². The van der Waals surface area contributed by atoms with E-state index in [1.165, 1.54) is 11.8 Å². The summed E-state index contributed by atoms with van der Waals surface area (Å²) in [4.78, 5) is 23.7. The Bertz CT molecular complexity index is 706. The van der Waals surface area contributed by atoms with Gasteiger partial charge in [-0.25, -0.2) is 4.79 Å². The van der Waals surface area contributed by atoms with Gasteiger partial charge in [0.05, 0.1) is 18.4 Å². The smallest absolute Gasteiger partial charge is 0.337 e. The second-order valence-electron chi connectivity index (χ2n) is 4.58. The fourth-order valence-corrected chi connectivity index (χ4v) is 1.87. The lowest BCUT2D eigenvalue weighted by Gasteiger charge is -2.09. The molecule has 0 saturated carbocycles. The molecule has 0 aliphatic carbocycles. The predicted molar refractivity (Wildman–Crippen MR) is 78.1 cm³/mol. The number of aryl methyl sites for hydroxylation is 2. The largest absolute Gasteiger partial charge is 0.465 e. The van der Waals surface area contributed by atoms with Gasteiger partial charge in [0.2, 0.25) is 0 Å². The average Bonchev–Trinajstić information content (AvgIpc) is 2.79. The van der Waals surface area contributed by atoms with Gasteiger partial charge in [0.15, 0.2) is 5.69 Å². The second kappa shape index (κ2) is 5.66. The summed E-state index contributed by atoms with van der Waals surface area (Å²) in [6.45, 7) is 1.82. The fourth-order valence-electron chi connectivity index (χ4n) is 1.87. The van der Waals surface area contributed by atoms with Crippen molar-refractivity contribution in [2.75, 3.05) is 18.2 Å². The Labute approximate surface area is 121 Å². The number of ether oxygens (including phenoxy) is 1. The van der Waals surface area contributed by atoms with E-state index < -0.39 is 11.9 Å². The van der Waals surface area contributed by atoms with E-state index in [1.54, 1.807) is 31.4 Å². The second-order valence-corrected chi connectivity index (χ2v) is 4.58. The molecule has 2 rings (SSSR count). The first-order valence-corrected chi connectivity index (χ1v) is 6.22. The maximum absolute atomic E-state index is 12.2. The highest BCUT2D eigenvalue weighted by atomic mass is 16.5. The molecular formula is C14H16N4O3. The number of aromatic nitrogens is 2. The van der Waals surface area contributed by atoms with Gasteiger partial charge in [-0.1, -0.05) is 6.07 Å². The number of nitrogen functional groups attached to an aromatic ring is 1. The molecule has 0 aliphatic rings. The van der Waals surface area contributed by atoms with Crippen LogP contribution in [-0.4, -0.2) is 28.8 Å². The number of methoxy groups -OCH3 is 1. The molecule has 1 aromatic carbocycles. The third kappa shape index (κ3) is 3.02. The monoisotopic (exact) mass is 288 g/mol. The molecule has 1 amide bonds. The topological polar surface area (TPSA) is 99.2 Å². The van der Waals surface area contributed by atoms with E-state index in [9.17, 15) is 9.59 Å². The Kier molecular flexibility index (Phi) is 3.93. The van der Waals surface area contributed by atoms with Crippen LogP contribution in [0.4, 0.5) is 11.4 Å². The predicted octanol–water partition coefficient (Wildman–Crippen LogP) is 1.35. The standard InChI is InChI=1S/C14H16N4O3/c1-8-4-5-9(14(20)21-3)6-11(8)16-13(19)12-10(15)7-18(2)17-12/h4-7H,15H2,1-3H3,(H,16,19). The number of hydrogen-bond acceptors (Lipinski definition) is 5. The van der Waals surface area contributed by atoms with Crippen LogP contribution in [0.5, 0.6) is 0 Å². The molecule has 3 N–H and O–H groups in total. The Balaban J connectivity index is 2.28. The normalized spacial score (nSPS) is 10.2. The van der Waals surface area contributed by atoms with Crippen LogP contribution in [0.2, 0.25) is 0 Å². The Morgan fingerprint density at radius 2 is 2.10 bits per heavy atom. The van der Waals surface area contributed by atoms with Gasteiger partial charge in [0.1, 0.15) is 0 Å². The van der Waals surface area contributed by atoms with Crippen molar-refractivity contribution in [1.29, 1.82) is 0 Å². The molecule has 0 radical (unpaired) electrons. The summed E-state index contributed by atoms with van der Waals surface area (Å²) in [5.74, 6) is -0.902. The van der Waals surface area contributed by atoms with E-state index in [-0.39, 0.29) is 11.4 Å². The van der Waals surface area contributed by atoms with Crippen LogP contribution in [0.1, 0.15) is 26.4 Å². The number of benzene rings is 1. The van der Waals surface area contributed by atoms with E-state index in [0.717, 1.165) is 5.56 Å². The Hall–Kier alpha value is -2.83. The van der Waals surface area contributed by atoms with E-state index in [4.69, 9.17) is 5.73 Å². The molecular weight excluding hydrogens is 272 g/mol. The first-order chi connectivity index (χ1) is 9.92. The van der Waals surface area contributed by atoms with Gasteiger partial charge >= 0.3 is 5.97 Å². The van der Waals surface area contributed by atoms with Crippen molar-refractivity contribution in [2.45, 2.75) is 6.92 Å². The maximum Gasteiger partial charge on any atom is 0.337 e. The molecule has 1 aromatic heterocycles. The third-order valence-corrected chi connectivity index (χ3v) is 2.98. The maximum atomic E-state index is 12.2. The van der Waals surface area contributed by atoms with Gasteiger partial charge in [0, 0.05) is 18.9 Å². The number of amides is 1. The number of anilines is 2. The lowest BCUT2D eigenvalue weighted by atomic mass is 10.1. The number of carbonyl (C=O) groups is 2. The molecule has 0 saturated heterocycles. The average molecular weight is 288 g/mol. The van der Waals surface area contributed by atoms with Crippen molar-refractivity contribution in [3.63, 3.8) is 0 Å². The van der Waals surface area contributed by atoms with Crippen LogP contribution in [0.3, 0.4) is 0 Å². The molecule has 0 unspecified atom stereocenters. The number of hydrogen-bond donors (Lipinski definition) is 2. The van der Waals surface area contributed by atoms with Crippen LogP contribution < -0.4 is 11.1 Å². The zero-order valence-corrected chi connectivity index (χ0v) is 12.0. The molecule has 0 bridgehead atoms. The Morgan fingerprint density at radius 1 is 1.38 bits per heavy atom. The summed E-state index contributed by atoms with van der Waals surface area (Å²) in [5, 5.41) is 6.70. The molecule has 2 aromatic rings. The van der Waals surface area contributed by atoms with Crippen LogP contribution in [-0.2, 0) is 11.8 Å². The number of nitrogens with zero attached hydrogens (tertiary/aromatic N) is 2. The lowest BCUT2D eigenvalue weighted by Crippen LogP contribution is -2.16. The SMILES string of the molecule is COC(=O)c1ccc(C)c(NC(=O)c2nn(C)cc2N)c1. The highest BCUT2D eigenvalue weighted by molar-refractivity contribution is 6.07. The lowest BCUT2D eigenvalue weighted by molar-refractivity contribution is 0.0600. The fraction of sp³-hybridized carbons (Fsp3) is 0.214. The van der Waals surface area contributed by atoms with Crippen molar-refractivity contribution in [1.82, 2.24) is 9.78 Å². The first-order valence-electron chi connectivity index (χ1n) is 6.22. The van der Waals surface area contributed by atoms with Crippen molar-refractivity contribution in [2.24, 2.45) is 7.05 Å². The summed E-state index contributed by atoms with van der Waals surface area (Å²) in [5.41, 5.74) is 7.82. The van der Waals surface area contributed by atoms with Gasteiger partial charge in [-0.3, -0.25) is 9.48 Å². The number of rotatable bonds is 3. The van der Waals surface area contributed by atoms with Crippen molar-refractivity contribution < 1.29 is 14.3 Å². The van der Waals surface area contributed by atoms with Crippen LogP contribution in [0.15, 0.2) is 24.4 Å². The highest BCUT2D eigenvalue weighted by Crippen LogP contribution is 2.19. The van der Waals surface area contributed by atoms with Gasteiger partial charge in [-0.15, -0.1) is 0 Å². The first kappa shape index (κ1) is 14.6. The van der Waals surface area contributed by atoms with E-state index in [1.807, 2.05) is 6.92 Å². The highest BCUT2D eigenvalue weighted by Gasteiger charge is 2.16. The quantitative estimate of drug-likeness (QED) is 0.830. The summed E-state index contributed by atoms with van der Waals surface area (Å²) < 4.78 is 6.12. The van der Waals surface area contributed by atoms with Crippen LogP contribution in [0.25, 0.3) is 0 Å². The van der Waals surface area contributed by atoms with Crippen LogP contribution in [0, 0.1) is 6.92 Å². The molecule has 0 spiro atoms. The van der Waals surface area contributed by atoms with E-state index in [2.05, 4.69) is 15.2 Å². The van der Waals surface area contributed by atoms with Crippen molar-refractivity contribution in [3.8, 4) is 0 Å². The molecule has 0 atom stereocenters. The summed E-state index contributed by atoms with van der Waals surface area (Å²) in [7, 11) is 2.98. The van der Waals surface area contributed by atoms with Gasteiger partial charge in [-0.2, -0.15) is 5.10 Å².